The van der Waals surface area contributed by atoms with Crippen molar-refractivity contribution in [1.29, 1.82) is 0 Å². The monoisotopic (exact) mass is 264 g/mol. The minimum Gasteiger partial charge on any atom is -0.496 e. The van der Waals surface area contributed by atoms with E-state index in [1.165, 1.54) is 0 Å². The SMILES string of the molecule is COc1ccccc1C/C(N)=N/C(=O)OC(C)(C)C. The Bertz CT molecular complexity index is 476. The van der Waals surface area contributed by atoms with E-state index in [1.807, 2.05) is 24.3 Å². The molecule has 0 unspecified atom stereocenters. The van der Waals surface area contributed by atoms with Crippen LogP contribution in [0.2, 0.25) is 0 Å². The molecule has 0 aromatic heterocycles. The van der Waals surface area contributed by atoms with Crippen LogP contribution in [-0.4, -0.2) is 24.6 Å². The lowest BCUT2D eigenvalue weighted by Gasteiger charge is -2.17. The molecular weight excluding hydrogens is 244 g/mol. The number of para-hydroxylation sites is 1. The molecule has 2 N–H and O–H groups in total. The number of carbonyl (C=O) groups is 1. The molecule has 0 saturated heterocycles. The lowest BCUT2D eigenvalue weighted by Crippen LogP contribution is -2.24. The maximum absolute atomic E-state index is 11.5. The van der Waals surface area contributed by atoms with E-state index in [9.17, 15) is 4.79 Å². The van der Waals surface area contributed by atoms with Crippen LogP contribution >= 0.6 is 0 Å². The summed E-state index contributed by atoms with van der Waals surface area (Å²) in [6, 6.07) is 7.44. The predicted octanol–water partition coefficient (Wildman–Crippen LogP) is 2.53. The van der Waals surface area contributed by atoms with Crippen molar-refractivity contribution in [3.8, 4) is 5.75 Å². The highest BCUT2D eigenvalue weighted by Gasteiger charge is 2.16. The van der Waals surface area contributed by atoms with E-state index in [4.69, 9.17) is 15.2 Å². The number of ether oxygens (including phenoxy) is 2. The normalized spacial score (nSPS) is 12.1. The summed E-state index contributed by atoms with van der Waals surface area (Å²) in [5.74, 6) is 0.906. The molecule has 1 aromatic carbocycles. The lowest BCUT2D eigenvalue weighted by atomic mass is 10.1. The van der Waals surface area contributed by atoms with Crippen molar-refractivity contribution < 1.29 is 14.3 Å². The number of aliphatic imine (C=N–C) groups is 1. The molecule has 0 atom stereocenters. The Balaban J connectivity index is 2.73. The van der Waals surface area contributed by atoms with Crippen molar-refractivity contribution in [2.45, 2.75) is 32.8 Å². The number of hydrogen-bond donors (Lipinski definition) is 1. The molecule has 0 aliphatic carbocycles. The van der Waals surface area contributed by atoms with Gasteiger partial charge < -0.3 is 15.2 Å². The third kappa shape index (κ3) is 5.42. The molecule has 0 aliphatic rings. The zero-order chi connectivity index (χ0) is 14.5. The molecule has 0 aliphatic heterocycles. The Kier molecular flexibility index (Phi) is 4.92. The molecule has 5 heteroatoms. The summed E-state index contributed by atoms with van der Waals surface area (Å²) in [6.45, 7) is 5.32. The summed E-state index contributed by atoms with van der Waals surface area (Å²) in [7, 11) is 1.58. The van der Waals surface area contributed by atoms with E-state index >= 15 is 0 Å². The van der Waals surface area contributed by atoms with E-state index in [0.717, 1.165) is 5.56 Å². The first kappa shape index (κ1) is 15.0. The standard InChI is InChI=1S/C14H20N2O3/c1-14(2,3)19-13(17)16-12(15)9-10-7-5-6-8-11(10)18-4/h5-8H,9H2,1-4H3,(H2,15,16,17). The van der Waals surface area contributed by atoms with Gasteiger partial charge in [-0.25, -0.2) is 4.79 Å². The number of nitrogens with zero attached hydrogens (tertiary/aromatic N) is 1. The van der Waals surface area contributed by atoms with E-state index in [-0.39, 0.29) is 5.84 Å². The van der Waals surface area contributed by atoms with Gasteiger partial charge in [0.25, 0.3) is 0 Å². The van der Waals surface area contributed by atoms with Crippen LogP contribution < -0.4 is 10.5 Å². The average Bonchev–Trinajstić information content (AvgIpc) is 2.26. The number of carbonyl (C=O) groups excluding carboxylic acids is 1. The molecular formula is C14H20N2O3. The Hall–Kier alpha value is -2.04. The van der Waals surface area contributed by atoms with Gasteiger partial charge in [-0.15, -0.1) is 0 Å². The topological polar surface area (TPSA) is 73.9 Å². The van der Waals surface area contributed by atoms with Gasteiger partial charge in [0, 0.05) is 12.0 Å². The average molecular weight is 264 g/mol. The number of rotatable bonds is 3. The fraction of sp³-hybridized carbons (Fsp3) is 0.429. The van der Waals surface area contributed by atoms with Crippen molar-refractivity contribution in [3.05, 3.63) is 29.8 Å². The number of methoxy groups -OCH3 is 1. The Morgan fingerprint density at radius 3 is 2.53 bits per heavy atom. The summed E-state index contributed by atoms with van der Waals surface area (Å²) in [5.41, 5.74) is 6.03. The number of hydrogen-bond acceptors (Lipinski definition) is 3. The van der Waals surface area contributed by atoms with E-state index in [2.05, 4.69) is 4.99 Å². The van der Waals surface area contributed by atoms with Crippen LogP contribution in [0.3, 0.4) is 0 Å². The van der Waals surface area contributed by atoms with Gasteiger partial charge in [-0.05, 0) is 26.8 Å². The first-order valence-electron chi connectivity index (χ1n) is 6.00. The molecule has 1 amide bonds. The molecule has 0 radical (unpaired) electrons. The van der Waals surface area contributed by atoms with E-state index < -0.39 is 11.7 Å². The summed E-state index contributed by atoms with van der Waals surface area (Å²) >= 11 is 0. The fourth-order valence-corrected chi connectivity index (χ4v) is 1.49. The van der Waals surface area contributed by atoms with Gasteiger partial charge in [0.05, 0.1) is 7.11 Å². The molecule has 0 bridgehead atoms. The first-order chi connectivity index (χ1) is 8.81. The maximum atomic E-state index is 11.5. The maximum Gasteiger partial charge on any atom is 0.435 e. The van der Waals surface area contributed by atoms with E-state index in [1.54, 1.807) is 27.9 Å². The number of amidine groups is 1. The minimum atomic E-state index is -0.681. The largest absolute Gasteiger partial charge is 0.496 e. The summed E-state index contributed by atoms with van der Waals surface area (Å²) in [6.07, 6.45) is -0.344. The van der Waals surface area contributed by atoms with Gasteiger partial charge in [-0.3, -0.25) is 0 Å². The second-order valence-corrected chi connectivity index (χ2v) is 5.07. The second-order valence-electron chi connectivity index (χ2n) is 5.07. The molecule has 0 saturated carbocycles. The van der Waals surface area contributed by atoms with Crippen LogP contribution in [-0.2, 0) is 11.2 Å². The van der Waals surface area contributed by atoms with Crippen LogP contribution in [0, 0.1) is 0 Å². The molecule has 0 spiro atoms. The number of amides is 1. The van der Waals surface area contributed by atoms with Crippen molar-refractivity contribution >= 4 is 11.9 Å². The predicted molar refractivity (Wildman–Crippen MR) is 74.6 cm³/mol. The minimum absolute atomic E-state index is 0.193. The third-order valence-electron chi connectivity index (χ3n) is 2.19. The van der Waals surface area contributed by atoms with Crippen LogP contribution in [0.4, 0.5) is 4.79 Å². The molecule has 1 aromatic rings. The van der Waals surface area contributed by atoms with Gasteiger partial charge in [-0.1, -0.05) is 18.2 Å². The second kappa shape index (κ2) is 6.22. The summed E-state index contributed by atoms with van der Waals surface area (Å²) in [5, 5.41) is 0. The molecule has 0 fully saturated rings. The zero-order valence-electron chi connectivity index (χ0n) is 11.8. The van der Waals surface area contributed by atoms with Gasteiger partial charge in [0.1, 0.15) is 17.2 Å². The van der Waals surface area contributed by atoms with Crippen molar-refractivity contribution in [2.24, 2.45) is 10.7 Å². The number of benzene rings is 1. The van der Waals surface area contributed by atoms with Crippen molar-refractivity contribution in [1.82, 2.24) is 0 Å². The van der Waals surface area contributed by atoms with Gasteiger partial charge in [0.15, 0.2) is 0 Å². The molecule has 104 valence electrons. The van der Waals surface area contributed by atoms with Gasteiger partial charge in [0.2, 0.25) is 0 Å². The van der Waals surface area contributed by atoms with Gasteiger partial charge in [-0.2, -0.15) is 4.99 Å². The van der Waals surface area contributed by atoms with Gasteiger partial charge >= 0.3 is 6.09 Å². The van der Waals surface area contributed by atoms with Crippen LogP contribution in [0.5, 0.6) is 5.75 Å². The third-order valence-corrected chi connectivity index (χ3v) is 2.19. The number of nitrogens with two attached hydrogens (primary N) is 1. The lowest BCUT2D eigenvalue weighted by molar-refractivity contribution is 0.0604. The molecule has 5 nitrogen and oxygen atoms in total. The smallest absolute Gasteiger partial charge is 0.435 e. The molecule has 1 rings (SSSR count). The first-order valence-corrected chi connectivity index (χ1v) is 6.00. The molecule has 19 heavy (non-hydrogen) atoms. The molecule has 0 heterocycles. The highest BCUT2D eigenvalue weighted by Crippen LogP contribution is 2.17. The summed E-state index contributed by atoms with van der Waals surface area (Å²) in [4.78, 5) is 15.2. The Labute approximate surface area is 113 Å². The van der Waals surface area contributed by atoms with Crippen LogP contribution in [0.15, 0.2) is 29.3 Å². The summed E-state index contributed by atoms with van der Waals surface area (Å²) < 4.78 is 10.3. The Morgan fingerprint density at radius 2 is 1.95 bits per heavy atom. The fourth-order valence-electron chi connectivity index (χ4n) is 1.49. The highest BCUT2D eigenvalue weighted by atomic mass is 16.6. The van der Waals surface area contributed by atoms with Crippen LogP contribution in [0.1, 0.15) is 26.3 Å². The highest BCUT2D eigenvalue weighted by molar-refractivity contribution is 5.92. The van der Waals surface area contributed by atoms with Crippen LogP contribution in [0.25, 0.3) is 0 Å². The quantitative estimate of drug-likeness (QED) is 0.672. The Morgan fingerprint density at radius 1 is 1.32 bits per heavy atom. The van der Waals surface area contributed by atoms with Crippen molar-refractivity contribution in [2.75, 3.05) is 7.11 Å². The van der Waals surface area contributed by atoms with E-state index in [0.29, 0.717) is 12.2 Å². The van der Waals surface area contributed by atoms with Crippen molar-refractivity contribution in [3.63, 3.8) is 0 Å². The zero-order valence-corrected chi connectivity index (χ0v) is 11.8.